The van der Waals surface area contributed by atoms with Crippen molar-refractivity contribution < 1.29 is 12.6 Å². The van der Waals surface area contributed by atoms with E-state index in [0.717, 1.165) is 11.3 Å². The lowest BCUT2D eigenvalue weighted by atomic mass is 10.2. The maximum atomic E-state index is 12.2. The van der Waals surface area contributed by atoms with Crippen molar-refractivity contribution in [3.8, 4) is 5.75 Å². The Morgan fingerprint density at radius 2 is 1.31 bits per heavy atom. The molecule has 0 bridgehead atoms. The van der Waals surface area contributed by atoms with Crippen LogP contribution in [0.4, 0.5) is 5.69 Å². The largest absolute Gasteiger partial charge is 0.379 e. The first kappa shape index (κ1) is 18.5. The first-order valence-electron chi connectivity index (χ1n) is 7.52. The monoisotopic (exact) mass is 405 g/mol. The second kappa shape index (κ2) is 7.91. The van der Waals surface area contributed by atoms with E-state index in [2.05, 4.69) is 4.99 Å². The van der Waals surface area contributed by atoms with Crippen LogP contribution in [0.3, 0.4) is 0 Å². The summed E-state index contributed by atoms with van der Waals surface area (Å²) in [5, 5.41) is 1.10. The Balaban J connectivity index is 1.71. The number of halogens is 2. The van der Waals surface area contributed by atoms with Crippen LogP contribution in [0.2, 0.25) is 10.0 Å². The summed E-state index contributed by atoms with van der Waals surface area (Å²) in [5.74, 6) is 0.212. The number of nitrogens with zero attached hydrogens (tertiary/aromatic N) is 1. The number of benzene rings is 3. The predicted octanol–water partition coefficient (Wildman–Crippen LogP) is 5.51. The average molecular weight is 406 g/mol. The van der Waals surface area contributed by atoms with Crippen LogP contribution in [-0.2, 0) is 10.1 Å². The molecule has 0 atom stereocenters. The minimum Gasteiger partial charge on any atom is -0.379 e. The molecule has 0 aliphatic rings. The molecule has 7 heteroatoms. The molecule has 132 valence electrons. The lowest BCUT2D eigenvalue weighted by molar-refractivity contribution is 0.486. The third kappa shape index (κ3) is 4.85. The van der Waals surface area contributed by atoms with Crippen LogP contribution >= 0.6 is 23.2 Å². The molecule has 0 N–H and O–H groups in total. The highest BCUT2D eigenvalue weighted by atomic mass is 35.5. The van der Waals surface area contributed by atoms with E-state index in [-0.39, 0.29) is 10.6 Å². The molecule has 0 saturated heterocycles. The molecule has 0 unspecified atom stereocenters. The van der Waals surface area contributed by atoms with E-state index < -0.39 is 10.1 Å². The topological polar surface area (TPSA) is 55.7 Å². The molecule has 0 amide bonds. The molecule has 3 aromatic carbocycles. The first-order chi connectivity index (χ1) is 12.4. The van der Waals surface area contributed by atoms with E-state index in [9.17, 15) is 8.42 Å². The Morgan fingerprint density at radius 1 is 0.769 bits per heavy atom. The second-order valence-corrected chi connectivity index (χ2v) is 7.71. The summed E-state index contributed by atoms with van der Waals surface area (Å²) in [4.78, 5) is 4.36. The van der Waals surface area contributed by atoms with E-state index in [1.165, 1.54) is 24.3 Å². The Kier molecular flexibility index (Phi) is 5.61. The SMILES string of the molecule is O=S(=O)(Oc1ccc(/C=N/c2ccc(Cl)cc2)cc1)c1ccc(Cl)cc1. The molecule has 0 radical (unpaired) electrons. The number of hydrogen-bond donors (Lipinski definition) is 0. The lowest BCUT2D eigenvalue weighted by Crippen LogP contribution is -2.09. The normalized spacial score (nSPS) is 11.6. The van der Waals surface area contributed by atoms with Gasteiger partial charge in [0.25, 0.3) is 0 Å². The zero-order valence-electron chi connectivity index (χ0n) is 13.3. The standard InChI is InChI=1S/C19H13Cl2NO3S/c20-15-3-7-17(8-4-15)22-13-14-1-9-18(10-2-14)25-26(23,24)19-11-5-16(21)6-12-19/h1-13H/b22-13+. The van der Waals surface area contributed by atoms with Gasteiger partial charge in [-0.1, -0.05) is 23.2 Å². The summed E-state index contributed by atoms with van der Waals surface area (Å²) < 4.78 is 29.6. The number of aliphatic imine (C=N–C) groups is 1. The zero-order chi connectivity index (χ0) is 18.6. The minimum atomic E-state index is -3.91. The number of rotatable bonds is 5. The van der Waals surface area contributed by atoms with E-state index in [1.807, 2.05) is 0 Å². The maximum Gasteiger partial charge on any atom is 0.339 e. The van der Waals surface area contributed by atoms with Crippen LogP contribution in [0.1, 0.15) is 5.56 Å². The molecule has 0 spiro atoms. The third-order valence-electron chi connectivity index (χ3n) is 3.38. The second-order valence-electron chi connectivity index (χ2n) is 5.30. The molecule has 26 heavy (non-hydrogen) atoms. The molecule has 0 aliphatic carbocycles. The van der Waals surface area contributed by atoms with E-state index in [4.69, 9.17) is 27.4 Å². The maximum absolute atomic E-state index is 12.2. The third-order valence-corrected chi connectivity index (χ3v) is 5.14. The van der Waals surface area contributed by atoms with Crippen molar-refractivity contribution in [1.82, 2.24) is 0 Å². The molecule has 0 aliphatic heterocycles. The minimum absolute atomic E-state index is 0.0373. The molecule has 4 nitrogen and oxygen atoms in total. The van der Waals surface area contributed by atoms with Crippen molar-refractivity contribution in [2.45, 2.75) is 4.90 Å². The predicted molar refractivity (Wildman–Crippen MR) is 104 cm³/mol. The quantitative estimate of drug-likeness (QED) is 0.415. The fourth-order valence-electron chi connectivity index (χ4n) is 2.06. The van der Waals surface area contributed by atoms with Gasteiger partial charge in [-0.2, -0.15) is 8.42 Å². The van der Waals surface area contributed by atoms with Gasteiger partial charge in [-0.25, -0.2) is 0 Å². The summed E-state index contributed by atoms with van der Waals surface area (Å²) in [7, 11) is -3.91. The molecule has 0 saturated carbocycles. The van der Waals surface area contributed by atoms with E-state index in [1.54, 1.807) is 54.7 Å². The van der Waals surface area contributed by atoms with Crippen LogP contribution in [-0.4, -0.2) is 14.6 Å². The molecule has 3 aromatic rings. The molecule has 0 aromatic heterocycles. The highest BCUT2D eigenvalue weighted by molar-refractivity contribution is 7.87. The van der Waals surface area contributed by atoms with Crippen molar-refractivity contribution in [3.05, 3.63) is 88.4 Å². The summed E-state index contributed by atoms with van der Waals surface area (Å²) in [5.41, 5.74) is 1.57. The fourth-order valence-corrected chi connectivity index (χ4v) is 3.24. The summed E-state index contributed by atoms with van der Waals surface area (Å²) in [6, 6.07) is 19.5. The van der Waals surface area contributed by atoms with Crippen LogP contribution < -0.4 is 4.18 Å². The fraction of sp³-hybridized carbons (Fsp3) is 0. The molecular weight excluding hydrogens is 393 g/mol. The lowest BCUT2D eigenvalue weighted by Gasteiger charge is -2.07. The Labute approximate surface area is 161 Å². The highest BCUT2D eigenvalue weighted by Crippen LogP contribution is 2.21. The van der Waals surface area contributed by atoms with Crippen molar-refractivity contribution in [2.75, 3.05) is 0 Å². The Bertz CT molecular complexity index is 1010. The van der Waals surface area contributed by atoms with Crippen molar-refractivity contribution in [2.24, 2.45) is 4.99 Å². The average Bonchev–Trinajstić information content (AvgIpc) is 2.62. The van der Waals surface area contributed by atoms with Gasteiger partial charge in [0, 0.05) is 16.3 Å². The van der Waals surface area contributed by atoms with Crippen LogP contribution in [0.5, 0.6) is 5.75 Å². The molecular formula is C19H13Cl2NO3S. The van der Waals surface area contributed by atoms with E-state index in [0.29, 0.717) is 10.0 Å². The van der Waals surface area contributed by atoms with Crippen molar-refractivity contribution in [1.29, 1.82) is 0 Å². The van der Waals surface area contributed by atoms with Gasteiger partial charge < -0.3 is 4.18 Å². The van der Waals surface area contributed by atoms with Gasteiger partial charge in [0.15, 0.2) is 0 Å². The Hall–Kier alpha value is -2.34. The molecule has 3 rings (SSSR count). The molecule has 0 heterocycles. The summed E-state index contributed by atoms with van der Waals surface area (Å²) in [6.07, 6.45) is 1.67. The van der Waals surface area contributed by atoms with Gasteiger partial charge in [0.05, 0.1) is 5.69 Å². The summed E-state index contributed by atoms with van der Waals surface area (Å²) >= 11 is 11.6. The summed E-state index contributed by atoms with van der Waals surface area (Å²) in [6.45, 7) is 0. The van der Waals surface area contributed by atoms with Gasteiger partial charge in [-0.15, -0.1) is 0 Å². The van der Waals surface area contributed by atoms with Crippen molar-refractivity contribution in [3.63, 3.8) is 0 Å². The van der Waals surface area contributed by atoms with Crippen molar-refractivity contribution >= 4 is 45.2 Å². The Morgan fingerprint density at radius 3 is 1.88 bits per heavy atom. The van der Waals surface area contributed by atoms with Crippen LogP contribution in [0.15, 0.2) is 82.7 Å². The van der Waals surface area contributed by atoms with Gasteiger partial charge in [0.2, 0.25) is 0 Å². The van der Waals surface area contributed by atoms with Gasteiger partial charge >= 0.3 is 10.1 Å². The van der Waals surface area contributed by atoms with Gasteiger partial charge in [0.1, 0.15) is 10.6 Å². The van der Waals surface area contributed by atoms with Gasteiger partial charge in [-0.05, 0) is 78.4 Å². The van der Waals surface area contributed by atoms with Crippen LogP contribution in [0.25, 0.3) is 0 Å². The molecule has 0 fully saturated rings. The van der Waals surface area contributed by atoms with E-state index >= 15 is 0 Å². The number of hydrogen-bond acceptors (Lipinski definition) is 4. The van der Waals surface area contributed by atoms with Gasteiger partial charge in [-0.3, -0.25) is 4.99 Å². The first-order valence-corrected chi connectivity index (χ1v) is 9.68. The zero-order valence-corrected chi connectivity index (χ0v) is 15.7. The highest BCUT2D eigenvalue weighted by Gasteiger charge is 2.16. The van der Waals surface area contributed by atoms with Crippen LogP contribution in [0, 0.1) is 0 Å². The smallest absolute Gasteiger partial charge is 0.339 e.